The van der Waals surface area contributed by atoms with Gasteiger partial charge in [0, 0.05) is 12.7 Å². The first-order valence-electron chi connectivity index (χ1n) is 5.22. The van der Waals surface area contributed by atoms with Crippen molar-refractivity contribution < 1.29 is 14.2 Å². The fourth-order valence-electron chi connectivity index (χ4n) is 1.21. The third-order valence-corrected chi connectivity index (χ3v) is 2.32. The highest BCUT2D eigenvalue weighted by molar-refractivity contribution is 6.17. The highest BCUT2D eigenvalue weighted by atomic mass is 35.5. The lowest BCUT2D eigenvalue weighted by Gasteiger charge is -2.09. The normalized spacial score (nSPS) is 10.4. The van der Waals surface area contributed by atoms with Crippen LogP contribution in [0.2, 0.25) is 0 Å². The summed E-state index contributed by atoms with van der Waals surface area (Å²) in [5.41, 5.74) is 1.00. The average Bonchev–Trinajstić information content (AvgIpc) is 2.34. The maximum atomic E-state index is 5.79. The molecule has 0 aliphatic rings. The van der Waals surface area contributed by atoms with Crippen LogP contribution in [-0.4, -0.2) is 33.5 Å². The zero-order valence-corrected chi connectivity index (χ0v) is 10.2. The summed E-state index contributed by atoms with van der Waals surface area (Å²) in [4.78, 5) is 0. The number of rotatable bonds is 8. The Balaban J connectivity index is 2.21. The largest absolute Gasteiger partial charge is 0.491 e. The zero-order valence-electron chi connectivity index (χ0n) is 9.45. The van der Waals surface area contributed by atoms with Gasteiger partial charge in [-0.25, -0.2) is 0 Å². The molecule has 0 amide bonds. The van der Waals surface area contributed by atoms with Gasteiger partial charge < -0.3 is 14.2 Å². The number of ether oxygens (including phenoxy) is 3. The minimum atomic E-state index is 0.459. The van der Waals surface area contributed by atoms with Gasteiger partial charge in [-0.05, 0) is 6.07 Å². The second kappa shape index (κ2) is 8.39. The van der Waals surface area contributed by atoms with Crippen molar-refractivity contribution in [3.8, 4) is 5.75 Å². The number of alkyl halides is 1. The summed E-state index contributed by atoms with van der Waals surface area (Å²) in [5, 5.41) is 0. The van der Waals surface area contributed by atoms with Crippen molar-refractivity contribution in [2.45, 2.75) is 5.88 Å². The zero-order chi connectivity index (χ0) is 11.6. The number of benzene rings is 1. The van der Waals surface area contributed by atoms with Crippen molar-refractivity contribution in [3.05, 3.63) is 29.8 Å². The standard InChI is InChI=1S/C12H17ClO3/c1-14-6-7-15-8-9-16-12-5-3-2-4-11(12)10-13/h2-5H,6-10H2,1H3. The molecular formula is C12H17ClO3. The van der Waals surface area contributed by atoms with Crippen LogP contribution in [0.3, 0.4) is 0 Å². The third-order valence-electron chi connectivity index (χ3n) is 2.03. The second-order valence-corrected chi connectivity index (χ2v) is 3.46. The van der Waals surface area contributed by atoms with E-state index in [1.54, 1.807) is 7.11 Å². The number of hydrogen-bond acceptors (Lipinski definition) is 3. The Labute approximate surface area is 101 Å². The van der Waals surface area contributed by atoms with Gasteiger partial charge in [0.2, 0.25) is 0 Å². The molecule has 0 radical (unpaired) electrons. The first-order chi connectivity index (χ1) is 7.88. The first kappa shape index (κ1) is 13.3. The Morgan fingerprint density at radius 2 is 1.81 bits per heavy atom. The smallest absolute Gasteiger partial charge is 0.123 e. The predicted molar refractivity (Wildman–Crippen MR) is 64.2 cm³/mol. The SMILES string of the molecule is COCCOCCOc1ccccc1CCl. The van der Waals surface area contributed by atoms with E-state index >= 15 is 0 Å². The quantitative estimate of drug-likeness (QED) is 0.519. The Kier molecular flexibility index (Phi) is 6.97. The molecule has 0 saturated carbocycles. The predicted octanol–water partition coefficient (Wildman–Crippen LogP) is 2.47. The lowest BCUT2D eigenvalue weighted by molar-refractivity contribution is 0.0543. The van der Waals surface area contributed by atoms with Gasteiger partial charge in [-0.1, -0.05) is 18.2 Å². The molecule has 0 spiro atoms. The van der Waals surface area contributed by atoms with Crippen LogP contribution in [0.5, 0.6) is 5.75 Å². The van der Waals surface area contributed by atoms with E-state index in [4.69, 9.17) is 25.8 Å². The number of halogens is 1. The van der Waals surface area contributed by atoms with E-state index in [0.29, 0.717) is 32.3 Å². The van der Waals surface area contributed by atoms with Gasteiger partial charge in [0.1, 0.15) is 12.4 Å². The van der Waals surface area contributed by atoms with Gasteiger partial charge in [0.25, 0.3) is 0 Å². The van der Waals surface area contributed by atoms with Gasteiger partial charge in [-0.15, -0.1) is 11.6 Å². The van der Waals surface area contributed by atoms with Crippen molar-refractivity contribution in [2.24, 2.45) is 0 Å². The fourth-order valence-corrected chi connectivity index (χ4v) is 1.43. The summed E-state index contributed by atoms with van der Waals surface area (Å²) in [6.07, 6.45) is 0. The van der Waals surface area contributed by atoms with Crippen molar-refractivity contribution >= 4 is 11.6 Å². The minimum absolute atomic E-state index is 0.459. The summed E-state index contributed by atoms with van der Waals surface area (Å²) in [6, 6.07) is 7.73. The average molecular weight is 245 g/mol. The lowest BCUT2D eigenvalue weighted by Crippen LogP contribution is -2.10. The van der Waals surface area contributed by atoms with Crippen LogP contribution in [0, 0.1) is 0 Å². The highest BCUT2D eigenvalue weighted by Crippen LogP contribution is 2.19. The molecule has 1 aromatic rings. The monoisotopic (exact) mass is 244 g/mol. The van der Waals surface area contributed by atoms with Gasteiger partial charge >= 0.3 is 0 Å². The molecule has 0 saturated heterocycles. The van der Waals surface area contributed by atoms with Gasteiger partial charge in [-0.2, -0.15) is 0 Å². The second-order valence-electron chi connectivity index (χ2n) is 3.19. The molecule has 4 heteroatoms. The van der Waals surface area contributed by atoms with E-state index in [1.807, 2.05) is 24.3 Å². The van der Waals surface area contributed by atoms with E-state index in [0.717, 1.165) is 11.3 Å². The van der Waals surface area contributed by atoms with Crippen LogP contribution in [0.15, 0.2) is 24.3 Å². The maximum absolute atomic E-state index is 5.79. The maximum Gasteiger partial charge on any atom is 0.123 e. The molecule has 16 heavy (non-hydrogen) atoms. The molecule has 0 unspecified atom stereocenters. The molecule has 0 N–H and O–H groups in total. The first-order valence-corrected chi connectivity index (χ1v) is 5.75. The van der Waals surface area contributed by atoms with Crippen molar-refractivity contribution in [2.75, 3.05) is 33.5 Å². The molecule has 0 aromatic heterocycles. The summed E-state index contributed by atoms with van der Waals surface area (Å²) in [6.45, 7) is 2.28. The molecule has 0 aliphatic carbocycles. The Morgan fingerprint density at radius 1 is 1.06 bits per heavy atom. The van der Waals surface area contributed by atoms with E-state index in [2.05, 4.69) is 0 Å². The number of methoxy groups -OCH3 is 1. The number of para-hydroxylation sites is 1. The van der Waals surface area contributed by atoms with Crippen LogP contribution in [0.4, 0.5) is 0 Å². The third kappa shape index (κ3) is 4.84. The van der Waals surface area contributed by atoms with Crippen LogP contribution in [-0.2, 0) is 15.4 Å². The van der Waals surface area contributed by atoms with Crippen molar-refractivity contribution in [1.29, 1.82) is 0 Å². The van der Waals surface area contributed by atoms with Gasteiger partial charge in [-0.3, -0.25) is 0 Å². The topological polar surface area (TPSA) is 27.7 Å². The van der Waals surface area contributed by atoms with E-state index < -0.39 is 0 Å². The molecular weight excluding hydrogens is 228 g/mol. The summed E-state index contributed by atoms with van der Waals surface area (Å²) in [7, 11) is 1.65. The van der Waals surface area contributed by atoms with E-state index in [1.165, 1.54) is 0 Å². The highest BCUT2D eigenvalue weighted by Gasteiger charge is 2.00. The van der Waals surface area contributed by atoms with Crippen molar-refractivity contribution in [1.82, 2.24) is 0 Å². The molecule has 90 valence electrons. The van der Waals surface area contributed by atoms with Crippen LogP contribution in [0.1, 0.15) is 5.56 Å². The Hall–Kier alpha value is -0.770. The van der Waals surface area contributed by atoms with Crippen molar-refractivity contribution in [3.63, 3.8) is 0 Å². The van der Waals surface area contributed by atoms with Crippen LogP contribution >= 0.6 is 11.6 Å². The van der Waals surface area contributed by atoms with Crippen LogP contribution < -0.4 is 4.74 Å². The Bertz CT molecular complexity index is 291. The molecule has 0 fully saturated rings. The minimum Gasteiger partial charge on any atom is -0.491 e. The molecule has 3 nitrogen and oxygen atoms in total. The molecule has 1 rings (SSSR count). The molecule has 1 aromatic carbocycles. The molecule has 0 aliphatic heterocycles. The summed E-state index contributed by atoms with van der Waals surface area (Å²) >= 11 is 5.79. The van der Waals surface area contributed by atoms with Gasteiger partial charge in [0.15, 0.2) is 0 Å². The van der Waals surface area contributed by atoms with E-state index in [-0.39, 0.29) is 0 Å². The summed E-state index contributed by atoms with van der Waals surface area (Å²) in [5.74, 6) is 1.29. The fraction of sp³-hybridized carbons (Fsp3) is 0.500. The van der Waals surface area contributed by atoms with Crippen LogP contribution in [0.25, 0.3) is 0 Å². The molecule has 0 atom stereocenters. The summed E-state index contributed by atoms with van der Waals surface area (Å²) < 4.78 is 15.7. The molecule has 0 heterocycles. The number of hydrogen-bond donors (Lipinski definition) is 0. The van der Waals surface area contributed by atoms with E-state index in [9.17, 15) is 0 Å². The Morgan fingerprint density at radius 3 is 2.56 bits per heavy atom. The lowest BCUT2D eigenvalue weighted by atomic mass is 10.2. The molecule has 0 bridgehead atoms. The van der Waals surface area contributed by atoms with Gasteiger partial charge in [0.05, 0.1) is 25.7 Å².